The quantitative estimate of drug-likeness (QED) is 0.758. The van der Waals surface area contributed by atoms with Crippen LogP contribution in [0.3, 0.4) is 0 Å². The number of benzene rings is 2. The lowest BCUT2D eigenvalue weighted by Gasteiger charge is -2.07. The topological polar surface area (TPSA) is 43.4 Å². The van der Waals surface area contributed by atoms with Gasteiger partial charge in [-0.1, -0.05) is 17.7 Å². The number of ether oxygens (including phenoxy) is 1. The maximum absolute atomic E-state index is 12.7. The number of halogens is 1. The van der Waals surface area contributed by atoms with Gasteiger partial charge >= 0.3 is 5.97 Å². The number of esters is 1. The molecule has 21 heavy (non-hydrogen) atoms. The van der Waals surface area contributed by atoms with Crippen LogP contribution in [-0.2, 0) is 17.6 Å². The van der Waals surface area contributed by atoms with E-state index in [1.54, 1.807) is 24.3 Å². The molecule has 3 rings (SSSR count). The summed E-state index contributed by atoms with van der Waals surface area (Å²) >= 11 is 6.00. The average Bonchev–Trinajstić information content (AvgIpc) is 2.63. The highest BCUT2D eigenvalue weighted by atomic mass is 35.5. The van der Waals surface area contributed by atoms with Crippen LogP contribution in [0.1, 0.15) is 37.4 Å². The fraction of sp³-hybridized carbons (Fsp3) is 0.176. The van der Waals surface area contributed by atoms with Crippen molar-refractivity contribution >= 4 is 23.4 Å². The van der Waals surface area contributed by atoms with Gasteiger partial charge in [0.1, 0.15) is 0 Å². The molecule has 0 unspecified atom stereocenters. The Morgan fingerprint density at radius 1 is 1.05 bits per heavy atom. The van der Waals surface area contributed by atoms with Crippen LogP contribution < -0.4 is 0 Å². The van der Waals surface area contributed by atoms with Crippen LogP contribution in [0.25, 0.3) is 0 Å². The van der Waals surface area contributed by atoms with Crippen LogP contribution in [0.4, 0.5) is 0 Å². The molecule has 2 aromatic carbocycles. The lowest BCUT2D eigenvalue weighted by atomic mass is 9.97. The summed E-state index contributed by atoms with van der Waals surface area (Å²) in [5.74, 6) is -0.508. The Kier molecular flexibility index (Phi) is 3.52. The Morgan fingerprint density at radius 3 is 2.57 bits per heavy atom. The van der Waals surface area contributed by atoms with E-state index in [9.17, 15) is 9.59 Å². The molecule has 2 aromatic rings. The van der Waals surface area contributed by atoms with Gasteiger partial charge in [0.15, 0.2) is 5.78 Å². The minimum atomic E-state index is -0.439. The Hall–Kier alpha value is -2.13. The van der Waals surface area contributed by atoms with Crippen LogP contribution in [0.5, 0.6) is 0 Å². The van der Waals surface area contributed by atoms with Crippen molar-refractivity contribution in [2.24, 2.45) is 0 Å². The molecule has 0 amide bonds. The summed E-state index contributed by atoms with van der Waals surface area (Å²) in [5.41, 5.74) is 3.50. The summed E-state index contributed by atoms with van der Waals surface area (Å²) in [7, 11) is 1.33. The molecule has 106 valence electrons. The maximum atomic E-state index is 12.7. The molecule has 0 spiro atoms. The third-order valence-corrected chi connectivity index (χ3v) is 3.99. The molecular formula is C17H13ClO3. The Bertz CT molecular complexity index is 750. The smallest absolute Gasteiger partial charge is 0.337 e. The molecule has 0 radical (unpaired) electrons. The number of rotatable bonds is 1. The molecular weight excluding hydrogens is 288 g/mol. The number of carbonyl (C=O) groups excluding carboxylic acids is 2. The molecule has 0 aromatic heterocycles. The van der Waals surface area contributed by atoms with Crippen LogP contribution in [0, 0.1) is 0 Å². The van der Waals surface area contributed by atoms with Crippen molar-refractivity contribution in [1.82, 2.24) is 0 Å². The fourth-order valence-electron chi connectivity index (χ4n) is 2.66. The third kappa shape index (κ3) is 2.45. The highest BCUT2D eigenvalue weighted by Gasteiger charge is 2.22. The second-order valence-electron chi connectivity index (χ2n) is 4.99. The second-order valence-corrected chi connectivity index (χ2v) is 5.43. The number of methoxy groups -OCH3 is 1. The lowest BCUT2D eigenvalue weighted by molar-refractivity contribution is 0.0600. The maximum Gasteiger partial charge on any atom is 0.337 e. The number of fused-ring (bicyclic) bond motifs is 2. The van der Waals surface area contributed by atoms with E-state index in [0.29, 0.717) is 21.7 Å². The predicted octanol–water partition coefficient (Wildman–Crippen LogP) is 3.46. The van der Waals surface area contributed by atoms with E-state index in [1.165, 1.54) is 7.11 Å². The summed E-state index contributed by atoms with van der Waals surface area (Å²) in [6.07, 6.45) is 1.50. The van der Waals surface area contributed by atoms with E-state index < -0.39 is 5.97 Å². The van der Waals surface area contributed by atoms with Crippen LogP contribution in [0.2, 0.25) is 5.02 Å². The van der Waals surface area contributed by atoms with Gasteiger partial charge in [0.05, 0.1) is 12.7 Å². The first kappa shape index (κ1) is 13.8. The number of carbonyl (C=O) groups is 2. The monoisotopic (exact) mass is 300 g/mol. The first-order valence-corrected chi connectivity index (χ1v) is 7.02. The zero-order valence-electron chi connectivity index (χ0n) is 11.5. The zero-order valence-corrected chi connectivity index (χ0v) is 12.2. The van der Waals surface area contributed by atoms with Gasteiger partial charge in [0.25, 0.3) is 0 Å². The molecule has 1 aliphatic carbocycles. The number of hydrogen-bond acceptors (Lipinski definition) is 3. The molecule has 0 atom stereocenters. The SMILES string of the molecule is COC(=O)c1ccc2c(c1)C(=O)c1ccc(Cl)cc1CC2. The van der Waals surface area contributed by atoms with Gasteiger partial charge in [-0.15, -0.1) is 0 Å². The van der Waals surface area contributed by atoms with Gasteiger partial charge in [-0.2, -0.15) is 0 Å². The van der Waals surface area contributed by atoms with E-state index in [1.807, 2.05) is 12.1 Å². The van der Waals surface area contributed by atoms with Gasteiger partial charge in [-0.25, -0.2) is 4.79 Å². The fourth-order valence-corrected chi connectivity index (χ4v) is 2.85. The van der Waals surface area contributed by atoms with E-state index in [2.05, 4.69) is 0 Å². The van der Waals surface area contributed by atoms with Crippen LogP contribution in [0.15, 0.2) is 36.4 Å². The van der Waals surface area contributed by atoms with Crippen molar-refractivity contribution < 1.29 is 14.3 Å². The number of ketones is 1. The van der Waals surface area contributed by atoms with E-state index in [0.717, 1.165) is 24.0 Å². The van der Waals surface area contributed by atoms with Gasteiger partial charge in [-0.05, 0) is 54.3 Å². The van der Waals surface area contributed by atoms with E-state index in [-0.39, 0.29) is 5.78 Å². The molecule has 0 N–H and O–H groups in total. The molecule has 0 saturated heterocycles. The Labute approximate surface area is 127 Å². The largest absolute Gasteiger partial charge is 0.465 e. The summed E-state index contributed by atoms with van der Waals surface area (Å²) in [5, 5.41) is 0.628. The standard InChI is InChI=1S/C17H13ClO3/c1-21-17(20)12-5-3-10-2-4-11-8-13(18)6-7-14(11)16(19)15(10)9-12/h3,5-9H,2,4H2,1H3. The normalized spacial score (nSPS) is 13.1. The highest BCUT2D eigenvalue weighted by molar-refractivity contribution is 6.30. The van der Waals surface area contributed by atoms with Gasteiger partial charge in [0, 0.05) is 16.1 Å². The number of aryl methyl sites for hydroxylation is 2. The first-order chi connectivity index (χ1) is 10.1. The Balaban J connectivity index is 2.13. The minimum absolute atomic E-state index is 0.0695. The zero-order chi connectivity index (χ0) is 15.0. The Morgan fingerprint density at radius 2 is 1.81 bits per heavy atom. The van der Waals surface area contributed by atoms with E-state index >= 15 is 0 Å². The summed E-state index contributed by atoms with van der Waals surface area (Å²) in [6.45, 7) is 0. The van der Waals surface area contributed by atoms with Crippen molar-refractivity contribution in [2.75, 3.05) is 7.11 Å². The van der Waals surface area contributed by atoms with Crippen molar-refractivity contribution in [3.63, 3.8) is 0 Å². The molecule has 0 aliphatic heterocycles. The lowest BCUT2D eigenvalue weighted by Crippen LogP contribution is -2.08. The van der Waals surface area contributed by atoms with Crippen LogP contribution in [-0.4, -0.2) is 18.9 Å². The predicted molar refractivity (Wildman–Crippen MR) is 80.1 cm³/mol. The van der Waals surface area contributed by atoms with E-state index in [4.69, 9.17) is 16.3 Å². The highest BCUT2D eigenvalue weighted by Crippen LogP contribution is 2.27. The minimum Gasteiger partial charge on any atom is -0.465 e. The summed E-state index contributed by atoms with van der Waals surface area (Å²) in [6, 6.07) is 10.4. The van der Waals surface area contributed by atoms with Gasteiger partial charge in [0.2, 0.25) is 0 Å². The average molecular weight is 301 g/mol. The molecule has 1 aliphatic rings. The van der Waals surface area contributed by atoms with Crippen LogP contribution >= 0.6 is 11.6 Å². The van der Waals surface area contributed by atoms with Gasteiger partial charge in [-0.3, -0.25) is 4.79 Å². The molecule has 0 heterocycles. The van der Waals surface area contributed by atoms with Crippen molar-refractivity contribution in [1.29, 1.82) is 0 Å². The third-order valence-electron chi connectivity index (χ3n) is 3.75. The summed E-state index contributed by atoms with van der Waals surface area (Å²) in [4.78, 5) is 24.3. The van der Waals surface area contributed by atoms with Gasteiger partial charge < -0.3 is 4.74 Å². The molecule has 0 fully saturated rings. The van der Waals surface area contributed by atoms with Crippen molar-refractivity contribution in [3.05, 3.63) is 69.2 Å². The molecule has 0 saturated carbocycles. The van der Waals surface area contributed by atoms with Crippen molar-refractivity contribution in [3.8, 4) is 0 Å². The van der Waals surface area contributed by atoms with Crippen molar-refractivity contribution in [2.45, 2.75) is 12.8 Å². The molecule has 3 nitrogen and oxygen atoms in total. The number of hydrogen-bond donors (Lipinski definition) is 0. The second kappa shape index (κ2) is 5.34. The summed E-state index contributed by atoms with van der Waals surface area (Å²) < 4.78 is 4.71. The molecule has 4 heteroatoms. The first-order valence-electron chi connectivity index (χ1n) is 6.64. The molecule has 0 bridgehead atoms.